The van der Waals surface area contributed by atoms with E-state index in [2.05, 4.69) is 86.4 Å². The summed E-state index contributed by atoms with van der Waals surface area (Å²) in [5.41, 5.74) is 1.19. The molecule has 48 heavy (non-hydrogen) atoms. The Morgan fingerprint density at radius 3 is 1.27 bits per heavy atom. The molecule has 1 aromatic heterocycles. The third-order valence-electron chi connectivity index (χ3n) is 8.84. The topological polar surface area (TPSA) is 34.6 Å². The van der Waals surface area contributed by atoms with Crippen LogP contribution < -0.4 is 9.47 Å². The zero-order chi connectivity index (χ0) is 34.6. The standard InChI is InChI=1S/C44H78N2O2/c1-5-7-9-11-13-15-17-19-21-23-25-27-29-31-33-35-37-47-43-39-42(41-46(3)4)40-44(45-43)48-38-36-34-32-30-28-26-24-22-20-18-16-14-12-10-8-6-2/h13,15,19-22,39-40H,5-12,14,16-18,23-38,41H2,1-4H3. The van der Waals surface area contributed by atoms with Crippen molar-refractivity contribution in [2.24, 2.45) is 0 Å². The van der Waals surface area contributed by atoms with Gasteiger partial charge in [0.1, 0.15) is 0 Å². The highest BCUT2D eigenvalue weighted by molar-refractivity contribution is 5.28. The molecular formula is C44H78N2O2. The van der Waals surface area contributed by atoms with Crippen molar-refractivity contribution in [3.8, 4) is 11.8 Å². The van der Waals surface area contributed by atoms with E-state index in [0.717, 1.165) is 39.0 Å². The lowest BCUT2D eigenvalue weighted by Crippen LogP contribution is -2.12. The van der Waals surface area contributed by atoms with Crippen LogP contribution in [0.1, 0.15) is 186 Å². The molecule has 0 unspecified atom stereocenters. The number of allylic oxidation sites excluding steroid dienone is 6. The highest BCUT2D eigenvalue weighted by Gasteiger charge is 2.07. The number of unbranched alkanes of at least 4 members (excludes halogenated alkanes) is 21. The predicted octanol–water partition coefficient (Wildman–Crippen LogP) is 13.8. The van der Waals surface area contributed by atoms with E-state index < -0.39 is 0 Å². The van der Waals surface area contributed by atoms with Crippen molar-refractivity contribution in [1.82, 2.24) is 9.88 Å². The van der Waals surface area contributed by atoms with Gasteiger partial charge in [-0.2, -0.15) is 4.98 Å². The van der Waals surface area contributed by atoms with Gasteiger partial charge in [0.05, 0.1) is 13.2 Å². The van der Waals surface area contributed by atoms with Gasteiger partial charge in [0, 0.05) is 18.7 Å². The molecule has 4 nitrogen and oxygen atoms in total. The number of pyridine rings is 1. The van der Waals surface area contributed by atoms with Crippen LogP contribution in [0.2, 0.25) is 0 Å². The second-order valence-electron chi connectivity index (χ2n) is 14.1. The third-order valence-corrected chi connectivity index (χ3v) is 8.84. The lowest BCUT2D eigenvalue weighted by atomic mass is 10.1. The van der Waals surface area contributed by atoms with E-state index in [4.69, 9.17) is 9.47 Å². The van der Waals surface area contributed by atoms with Gasteiger partial charge in [-0.05, 0) is 90.3 Å². The predicted molar refractivity (Wildman–Crippen MR) is 211 cm³/mol. The Balaban J connectivity index is 2.11. The molecule has 0 aliphatic carbocycles. The summed E-state index contributed by atoms with van der Waals surface area (Å²) in [6, 6.07) is 4.15. The summed E-state index contributed by atoms with van der Waals surface area (Å²) in [5, 5.41) is 0. The largest absolute Gasteiger partial charge is 0.478 e. The van der Waals surface area contributed by atoms with E-state index in [0.29, 0.717) is 11.8 Å². The summed E-state index contributed by atoms with van der Waals surface area (Å²) in [4.78, 5) is 6.86. The first kappa shape index (κ1) is 44.0. The van der Waals surface area contributed by atoms with Crippen molar-refractivity contribution in [3.05, 3.63) is 54.2 Å². The fraction of sp³-hybridized carbons (Fsp3) is 0.750. The first-order valence-corrected chi connectivity index (χ1v) is 20.5. The minimum Gasteiger partial charge on any atom is -0.478 e. The Morgan fingerprint density at radius 1 is 0.479 bits per heavy atom. The summed E-state index contributed by atoms with van der Waals surface area (Å²) in [7, 11) is 4.19. The molecule has 0 atom stereocenters. The highest BCUT2D eigenvalue weighted by Crippen LogP contribution is 2.20. The molecule has 0 radical (unpaired) electrons. The van der Waals surface area contributed by atoms with E-state index in [9.17, 15) is 0 Å². The number of hydrogen-bond donors (Lipinski definition) is 0. The molecule has 1 heterocycles. The molecule has 4 heteroatoms. The zero-order valence-corrected chi connectivity index (χ0v) is 32.3. The van der Waals surface area contributed by atoms with E-state index in [1.54, 1.807) is 0 Å². The van der Waals surface area contributed by atoms with E-state index >= 15 is 0 Å². The quantitative estimate of drug-likeness (QED) is 0.0533. The number of ether oxygens (including phenoxy) is 2. The molecule has 1 rings (SSSR count). The third kappa shape index (κ3) is 30.0. The smallest absolute Gasteiger partial charge is 0.216 e. The fourth-order valence-corrected chi connectivity index (χ4v) is 5.93. The number of hydrogen-bond acceptors (Lipinski definition) is 4. The van der Waals surface area contributed by atoms with Gasteiger partial charge in [-0.3, -0.25) is 0 Å². The van der Waals surface area contributed by atoms with Crippen molar-refractivity contribution < 1.29 is 9.47 Å². The van der Waals surface area contributed by atoms with Gasteiger partial charge in [-0.1, -0.05) is 147 Å². The summed E-state index contributed by atoms with van der Waals surface area (Å²) in [6.07, 6.45) is 47.7. The van der Waals surface area contributed by atoms with Crippen LogP contribution in [0.15, 0.2) is 48.6 Å². The van der Waals surface area contributed by atoms with Gasteiger partial charge in [0.15, 0.2) is 0 Å². The van der Waals surface area contributed by atoms with Gasteiger partial charge in [0.25, 0.3) is 0 Å². The Bertz CT molecular complexity index is 907. The number of nitrogens with zero attached hydrogens (tertiary/aromatic N) is 2. The monoisotopic (exact) mass is 667 g/mol. The summed E-state index contributed by atoms with van der Waals surface area (Å²) in [5.74, 6) is 1.40. The molecule has 0 bridgehead atoms. The molecule has 0 amide bonds. The van der Waals surface area contributed by atoms with Gasteiger partial charge in [-0.25, -0.2) is 0 Å². The second kappa shape index (κ2) is 34.8. The normalized spacial score (nSPS) is 12.0. The summed E-state index contributed by atoms with van der Waals surface area (Å²) < 4.78 is 12.2. The second-order valence-corrected chi connectivity index (χ2v) is 14.1. The Morgan fingerprint density at radius 2 is 0.833 bits per heavy atom. The van der Waals surface area contributed by atoms with E-state index in [1.165, 1.54) is 153 Å². The molecule has 0 saturated carbocycles. The maximum absolute atomic E-state index is 6.10. The zero-order valence-electron chi connectivity index (χ0n) is 32.3. The van der Waals surface area contributed by atoms with Crippen molar-refractivity contribution in [3.63, 3.8) is 0 Å². The van der Waals surface area contributed by atoms with Crippen LogP contribution >= 0.6 is 0 Å². The minimum absolute atomic E-state index is 0.702. The lowest BCUT2D eigenvalue weighted by Gasteiger charge is -2.14. The van der Waals surface area contributed by atoms with Crippen LogP contribution in [0.3, 0.4) is 0 Å². The molecular weight excluding hydrogens is 588 g/mol. The molecule has 0 fully saturated rings. The summed E-state index contributed by atoms with van der Waals surface area (Å²) >= 11 is 0. The van der Waals surface area contributed by atoms with Crippen LogP contribution in [0, 0.1) is 0 Å². The molecule has 0 spiro atoms. The van der Waals surface area contributed by atoms with Crippen LogP contribution in [0.4, 0.5) is 0 Å². The van der Waals surface area contributed by atoms with E-state index in [1.807, 2.05) is 0 Å². The number of aromatic nitrogens is 1. The van der Waals surface area contributed by atoms with Crippen molar-refractivity contribution >= 4 is 0 Å². The Kier molecular flexibility index (Phi) is 31.8. The maximum Gasteiger partial charge on any atom is 0.216 e. The Hall–Kier alpha value is -2.07. The van der Waals surface area contributed by atoms with Crippen molar-refractivity contribution in [2.75, 3.05) is 27.3 Å². The number of rotatable bonds is 35. The lowest BCUT2D eigenvalue weighted by molar-refractivity contribution is 0.267. The molecule has 0 aromatic carbocycles. The average molecular weight is 667 g/mol. The average Bonchev–Trinajstić information content (AvgIpc) is 3.07. The van der Waals surface area contributed by atoms with E-state index in [-0.39, 0.29) is 0 Å². The molecule has 0 aliphatic heterocycles. The molecule has 276 valence electrons. The SMILES string of the molecule is CCCCCC=CCC=CCCCCCCCCOc1cc(CN(C)C)cc(OCCCCCCCCC=CCCCCCCCC)n1. The minimum atomic E-state index is 0.702. The Labute approximate surface area is 299 Å². The first-order valence-electron chi connectivity index (χ1n) is 20.5. The summed E-state index contributed by atoms with van der Waals surface area (Å²) in [6.45, 7) is 6.85. The maximum atomic E-state index is 6.10. The molecule has 1 aromatic rings. The van der Waals surface area contributed by atoms with Gasteiger partial charge < -0.3 is 14.4 Å². The molecule has 0 saturated heterocycles. The molecule has 0 N–H and O–H groups in total. The first-order chi connectivity index (χ1) is 23.7. The van der Waals surface area contributed by atoms with Gasteiger partial charge in [0.2, 0.25) is 11.8 Å². The van der Waals surface area contributed by atoms with Crippen LogP contribution in [0.5, 0.6) is 11.8 Å². The van der Waals surface area contributed by atoms with Crippen molar-refractivity contribution in [1.29, 1.82) is 0 Å². The molecule has 0 aliphatic rings. The van der Waals surface area contributed by atoms with Crippen LogP contribution in [0.25, 0.3) is 0 Å². The van der Waals surface area contributed by atoms with Gasteiger partial charge in [-0.15, -0.1) is 0 Å². The van der Waals surface area contributed by atoms with Gasteiger partial charge >= 0.3 is 0 Å². The highest BCUT2D eigenvalue weighted by atomic mass is 16.5. The van der Waals surface area contributed by atoms with Crippen molar-refractivity contribution in [2.45, 2.75) is 187 Å². The van der Waals surface area contributed by atoms with Crippen LogP contribution in [-0.4, -0.2) is 37.2 Å². The fourth-order valence-electron chi connectivity index (χ4n) is 5.93. The van der Waals surface area contributed by atoms with Crippen LogP contribution in [-0.2, 0) is 6.54 Å².